The number of benzene rings is 2. The fraction of sp³-hybridized carbons (Fsp3) is 0.417. The third-order valence-electron chi connectivity index (χ3n) is 5.69. The van der Waals surface area contributed by atoms with Gasteiger partial charge in [0.15, 0.2) is 0 Å². The standard InChI is InChI=1S/C24H31N3O2/c1-25-15-12-19-13-16-27(17-14-19)23(28)18-22(20-8-4-2-5-9-20)26-24(29)21-10-6-3-7-11-21/h2-11,19,22,25H,12-18H2,1H3,(H,26,29). The first-order chi connectivity index (χ1) is 14.2. The number of carbonyl (C=O) groups is 2. The first kappa shape index (κ1) is 21.1. The van der Waals surface area contributed by atoms with Crippen LogP contribution in [0.3, 0.4) is 0 Å². The average molecular weight is 394 g/mol. The van der Waals surface area contributed by atoms with Crippen LogP contribution in [0.1, 0.15) is 47.6 Å². The molecule has 154 valence electrons. The summed E-state index contributed by atoms with van der Waals surface area (Å²) in [6.45, 7) is 2.64. The Morgan fingerprint density at radius 1 is 1.00 bits per heavy atom. The van der Waals surface area contributed by atoms with Crippen LogP contribution in [0.25, 0.3) is 0 Å². The molecule has 0 radical (unpaired) electrons. The predicted molar refractivity (Wildman–Crippen MR) is 116 cm³/mol. The highest BCUT2D eigenvalue weighted by Gasteiger charge is 2.26. The number of hydrogen-bond donors (Lipinski definition) is 2. The Hall–Kier alpha value is -2.66. The van der Waals surface area contributed by atoms with E-state index in [-0.39, 0.29) is 24.3 Å². The summed E-state index contributed by atoms with van der Waals surface area (Å²) in [5.74, 6) is 0.645. The highest BCUT2D eigenvalue weighted by atomic mass is 16.2. The Labute approximate surface area is 173 Å². The summed E-state index contributed by atoms with van der Waals surface area (Å²) in [5.41, 5.74) is 1.56. The van der Waals surface area contributed by atoms with Crippen molar-refractivity contribution in [2.24, 2.45) is 5.92 Å². The molecule has 1 fully saturated rings. The number of piperidine rings is 1. The molecular formula is C24H31N3O2. The molecule has 2 N–H and O–H groups in total. The van der Waals surface area contributed by atoms with Crippen molar-refractivity contribution in [2.45, 2.75) is 31.7 Å². The summed E-state index contributed by atoms with van der Waals surface area (Å²) in [5, 5.41) is 6.27. The molecule has 0 saturated carbocycles. The molecule has 0 bridgehead atoms. The molecule has 5 heteroatoms. The van der Waals surface area contributed by atoms with Gasteiger partial charge in [0.25, 0.3) is 5.91 Å². The van der Waals surface area contributed by atoms with Crippen molar-refractivity contribution in [3.05, 3.63) is 71.8 Å². The second-order valence-corrected chi connectivity index (χ2v) is 7.72. The first-order valence-corrected chi connectivity index (χ1v) is 10.5. The zero-order valence-electron chi connectivity index (χ0n) is 17.1. The van der Waals surface area contributed by atoms with Gasteiger partial charge in [-0.05, 0) is 56.5 Å². The molecule has 2 aromatic carbocycles. The van der Waals surface area contributed by atoms with E-state index in [1.165, 1.54) is 0 Å². The van der Waals surface area contributed by atoms with Crippen LogP contribution in [0.5, 0.6) is 0 Å². The van der Waals surface area contributed by atoms with E-state index in [0.717, 1.165) is 44.5 Å². The van der Waals surface area contributed by atoms with Crippen LogP contribution >= 0.6 is 0 Å². The number of likely N-dealkylation sites (tertiary alicyclic amines) is 1. The van der Waals surface area contributed by atoms with E-state index < -0.39 is 0 Å². The van der Waals surface area contributed by atoms with Gasteiger partial charge in [-0.3, -0.25) is 9.59 Å². The monoisotopic (exact) mass is 393 g/mol. The summed E-state index contributed by atoms with van der Waals surface area (Å²) >= 11 is 0. The summed E-state index contributed by atoms with van der Waals surface area (Å²) < 4.78 is 0. The molecule has 1 saturated heterocycles. The van der Waals surface area contributed by atoms with Crippen LogP contribution in [0.15, 0.2) is 60.7 Å². The normalized spacial score (nSPS) is 15.7. The smallest absolute Gasteiger partial charge is 0.251 e. The maximum Gasteiger partial charge on any atom is 0.251 e. The molecule has 1 heterocycles. The molecule has 2 amide bonds. The summed E-state index contributed by atoms with van der Waals surface area (Å²) in [6, 6.07) is 18.6. The molecule has 3 rings (SSSR count). The van der Waals surface area contributed by atoms with Crippen molar-refractivity contribution >= 4 is 11.8 Å². The quantitative estimate of drug-likeness (QED) is 0.723. The van der Waals surface area contributed by atoms with Crippen LogP contribution in [-0.2, 0) is 4.79 Å². The highest BCUT2D eigenvalue weighted by molar-refractivity contribution is 5.94. The van der Waals surface area contributed by atoms with E-state index in [2.05, 4.69) is 10.6 Å². The van der Waals surface area contributed by atoms with Crippen molar-refractivity contribution in [1.29, 1.82) is 0 Å². The van der Waals surface area contributed by atoms with E-state index in [1.807, 2.05) is 60.5 Å². The minimum Gasteiger partial charge on any atom is -0.345 e. The minimum atomic E-state index is -0.335. The zero-order valence-corrected chi connectivity index (χ0v) is 17.1. The SMILES string of the molecule is CNCCC1CCN(C(=O)CC(NC(=O)c2ccccc2)c2ccccc2)CC1. The fourth-order valence-corrected chi connectivity index (χ4v) is 3.89. The number of nitrogens with zero attached hydrogens (tertiary/aromatic N) is 1. The molecule has 0 aromatic heterocycles. The maximum atomic E-state index is 13.0. The Balaban J connectivity index is 1.63. The molecular weight excluding hydrogens is 362 g/mol. The van der Waals surface area contributed by atoms with E-state index in [1.54, 1.807) is 12.1 Å². The fourth-order valence-electron chi connectivity index (χ4n) is 3.89. The lowest BCUT2D eigenvalue weighted by Crippen LogP contribution is -2.41. The number of carbonyl (C=O) groups excluding carboxylic acids is 2. The van der Waals surface area contributed by atoms with E-state index in [4.69, 9.17) is 0 Å². The second-order valence-electron chi connectivity index (χ2n) is 7.72. The summed E-state index contributed by atoms with van der Waals surface area (Å²) in [4.78, 5) is 27.6. The largest absolute Gasteiger partial charge is 0.345 e. The molecule has 29 heavy (non-hydrogen) atoms. The lowest BCUT2D eigenvalue weighted by atomic mass is 9.93. The summed E-state index contributed by atoms with van der Waals surface area (Å²) in [7, 11) is 1.98. The van der Waals surface area contributed by atoms with Gasteiger partial charge < -0.3 is 15.5 Å². The van der Waals surface area contributed by atoms with Crippen LogP contribution in [0.4, 0.5) is 0 Å². The van der Waals surface area contributed by atoms with Crippen molar-refractivity contribution in [3.63, 3.8) is 0 Å². The molecule has 0 spiro atoms. The zero-order chi connectivity index (χ0) is 20.5. The van der Waals surface area contributed by atoms with Gasteiger partial charge in [0.1, 0.15) is 0 Å². The second kappa shape index (κ2) is 10.8. The van der Waals surface area contributed by atoms with Crippen LogP contribution in [0, 0.1) is 5.92 Å². The van der Waals surface area contributed by atoms with E-state index >= 15 is 0 Å². The highest BCUT2D eigenvalue weighted by Crippen LogP contribution is 2.23. The topological polar surface area (TPSA) is 61.4 Å². The number of amides is 2. The third kappa shape index (κ3) is 6.16. The van der Waals surface area contributed by atoms with Gasteiger partial charge in [0.2, 0.25) is 5.91 Å². The lowest BCUT2D eigenvalue weighted by Gasteiger charge is -2.33. The molecule has 1 aliphatic heterocycles. The van der Waals surface area contributed by atoms with Crippen LogP contribution in [-0.4, -0.2) is 43.4 Å². The van der Waals surface area contributed by atoms with Gasteiger partial charge in [0, 0.05) is 18.7 Å². The number of nitrogens with one attached hydrogen (secondary N) is 2. The summed E-state index contributed by atoms with van der Waals surface area (Å²) in [6.07, 6.45) is 3.56. The Morgan fingerprint density at radius 2 is 1.62 bits per heavy atom. The average Bonchev–Trinajstić information content (AvgIpc) is 2.78. The van der Waals surface area contributed by atoms with E-state index in [0.29, 0.717) is 11.5 Å². The number of hydrogen-bond acceptors (Lipinski definition) is 3. The van der Waals surface area contributed by atoms with Gasteiger partial charge in [-0.1, -0.05) is 48.5 Å². The van der Waals surface area contributed by atoms with Crippen LogP contribution in [0.2, 0.25) is 0 Å². The molecule has 2 aromatic rings. The molecule has 1 atom stereocenters. The Bertz CT molecular complexity index is 771. The van der Waals surface area contributed by atoms with Crippen LogP contribution < -0.4 is 10.6 Å². The molecule has 5 nitrogen and oxygen atoms in total. The van der Waals surface area contributed by atoms with Crippen molar-refractivity contribution < 1.29 is 9.59 Å². The van der Waals surface area contributed by atoms with Crippen molar-refractivity contribution in [3.8, 4) is 0 Å². The van der Waals surface area contributed by atoms with Gasteiger partial charge in [-0.2, -0.15) is 0 Å². The third-order valence-corrected chi connectivity index (χ3v) is 5.69. The Morgan fingerprint density at radius 3 is 2.24 bits per heavy atom. The van der Waals surface area contributed by atoms with Crippen molar-refractivity contribution in [2.75, 3.05) is 26.7 Å². The van der Waals surface area contributed by atoms with E-state index in [9.17, 15) is 9.59 Å². The Kier molecular flexibility index (Phi) is 7.82. The minimum absolute atomic E-state index is 0.110. The molecule has 1 unspecified atom stereocenters. The lowest BCUT2D eigenvalue weighted by molar-refractivity contribution is -0.133. The van der Waals surface area contributed by atoms with Gasteiger partial charge >= 0.3 is 0 Å². The number of rotatable bonds is 8. The first-order valence-electron chi connectivity index (χ1n) is 10.5. The maximum absolute atomic E-state index is 13.0. The molecule has 0 aliphatic carbocycles. The van der Waals surface area contributed by atoms with Crippen molar-refractivity contribution in [1.82, 2.24) is 15.5 Å². The van der Waals surface area contributed by atoms with Gasteiger partial charge in [-0.15, -0.1) is 0 Å². The molecule has 1 aliphatic rings. The van der Waals surface area contributed by atoms with Gasteiger partial charge in [0.05, 0.1) is 12.5 Å². The predicted octanol–water partition coefficient (Wildman–Crippen LogP) is 3.40. The van der Waals surface area contributed by atoms with Gasteiger partial charge in [-0.25, -0.2) is 0 Å².